The number of phenols is 1. The molecule has 2 heterocycles. The Labute approximate surface area is 261 Å². The molecule has 4 aliphatic rings. The van der Waals surface area contributed by atoms with Gasteiger partial charge in [-0.1, -0.05) is 65.7 Å². The molecule has 1 saturated carbocycles. The van der Waals surface area contributed by atoms with Crippen molar-refractivity contribution in [3.8, 4) is 11.5 Å². The second-order valence-corrected chi connectivity index (χ2v) is 12.4. The maximum Gasteiger partial charge on any atom is 0.260 e. The Kier molecular flexibility index (Phi) is 6.80. The minimum absolute atomic E-state index is 0.00222. The summed E-state index contributed by atoms with van der Waals surface area (Å²) in [5.74, 6) is -4.00. The number of anilines is 1. The van der Waals surface area contributed by atoms with E-state index in [1.165, 1.54) is 18.1 Å². The number of aromatic hydroxyl groups is 1. The minimum atomic E-state index is -1.40. The van der Waals surface area contributed by atoms with Gasteiger partial charge in [-0.2, -0.15) is 5.01 Å². The fraction of sp³-hybridized carbons (Fsp3) is 0.333. The number of hydrazine groups is 1. The van der Waals surface area contributed by atoms with Crippen LogP contribution in [0.5, 0.6) is 11.5 Å². The number of carbonyl (C=O) groups is 4. The predicted molar refractivity (Wildman–Crippen MR) is 166 cm³/mol. The van der Waals surface area contributed by atoms with Gasteiger partial charge in [-0.25, -0.2) is 0 Å². The first-order valence-electron chi connectivity index (χ1n) is 15.4. The Morgan fingerprint density at radius 1 is 0.933 bits per heavy atom. The van der Waals surface area contributed by atoms with Crippen LogP contribution in [0.15, 0.2) is 84.4 Å². The third-order valence-corrected chi connectivity index (χ3v) is 10.3. The molecule has 0 radical (unpaired) electrons. The quantitative estimate of drug-likeness (QED) is 0.309. The molecule has 6 unspecified atom stereocenters. The number of phenolic OH excluding ortho intramolecular Hbond substituents is 1. The van der Waals surface area contributed by atoms with Crippen molar-refractivity contribution in [2.24, 2.45) is 23.7 Å². The zero-order valence-corrected chi connectivity index (χ0v) is 25.4. The summed E-state index contributed by atoms with van der Waals surface area (Å²) in [6.45, 7) is 4.04. The average Bonchev–Trinajstić information content (AvgIpc) is 3.43. The van der Waals surface area contributed by atoms with Crippen LogP contribution in [0.4, 0.5) is 5.69 Å². The molecule has 0 spiro atoms. The van der Waals surface area contributed by atoms with E-state index in [4.69, 9.17) is 4.74 Å². The van der Waals surface area contributed by atoms with Crippen molar-refractivity contribution in [2.45, 2.75) is 38.0 Å². The van der Waals surface area contributed by atoms with Crippen molar-refractivity contribution < 1.29 is 29.0 Å². The standard InChI is InChI=1S/C36H35N3O6/c1-4-38-32(41)26-17-16-24-27(30(26)34(38)43)19-28-33(42)39(37-22-12-10-20(2)11-13-22)35(44)36(28,21-8-6-5-7-9-21)31(24)25-15-14-23(40)18-29(25)45-3/h5-16,18,26-28,30-31,37,40H,4,17,19H2,1-3H3. The number of nitrogens with one attached hydrogen (secondary N) is 1. The molecule has 230 valence electrons. The first-order chi connectivity index (χ1) is 21.7. The highest BCUT2D eigenvalue weighted by molar-refractivity contribution is 6.13. The number of aryl methyl sites for hydroxylation is 1. The first-order valence-corrected chi connectivity index (χ1v) is 15.4. The monoisotopic (exact) mass is 605 g/mol. The average molecular weight is 606 g/mol. The number of rotatable bonds is 6. The molecule has 9 heteroatoms. The molecule has 3 aromatic carbocycles. The molecular weight excluding hydrogens is 570 g/mol. The van der Waals surface area contributed by atoms with Gasteiger partial charge in [0.2, 0.25) is 11.8 Å². The van der Waals surface area contributed by atoms with Crippen molar-refractivity contribution in [3.05, 3.63) is 101 Å². The Bertz CT molecular complexity index is 1750. The molecule has 0 bridgehead atoms. The molecule has 2 aliphatic heterocycles. The number of carbonyl (C=O) groups excluding carboxylic acids is 4. The normalized spacial score (nSPS) is 28.9. The zero-order chi connectivity index (χ0) is 31.6. The predicted octanol–water partition coefficient (Wildman–Crippen LogP) is 4.71. The number of hydrogen-bond acceptors (Lipinski definition) is 7. The summed E-state index contributed by atoms with van der Waals surface area (Å²) in [5.41, 5.74) is 5.48. The third kappa shape index (κ3) is 4.06. The van der Waals surface area contributed by atoms with Crippen molar-refractivity contribution in [2.75, 3.05) is 19.1 Å². The molecule has 3 aromatic rings. The van der Waals surface area contributed by atoms with Crippen molar-refractivity contribution in [1.82, 2.24) is 9.91 Å². The van der Waals surface area contributed by atoms with Crippen LogP contribution < -0.4 is 10.2 Å². The molecular formula is C36H35N3O6. The van der Waals surface area contributed by atoms with E-state index in [9.17, 15) is 19.5 Å². The summed E-state index contributed by atoms with van der Waals surface area (Å²) in [5, 5.41) is 11.5. The number of likely N-dealkylation sites (tertiary alicyclic amines) is 1. The summed E-state index contributed by atoms with van der Waals surface area (Å²) in [4.78, 5) is 58.2. The molecule has 2 saturated heterocycles. The second kappa shape index (κ2) is 10.6. The van der Waals surface area contributed by atoms with E-state index in [2.05, 4.69) is 5.43 Å². The van der Waals surface area contributed by atoms with Gasteiger partial charge in [-0.3, -0.25) is 29.5 Å². The summed E-state index contributed by atoms with van der Waals surface area (Å²) >= 11 is 0. The van der Waals surface area contributed by atoms with E-state index in [-0.39, 0.29) is 30.5 Å². The first kappa shape index (κ1) is 28.8. The van der Waals surface area contributed by atoms with Crippen molar-refractivity contribution in [3.63, 3.8) is 0 Å². The highest BCUT2D eigenvalue weighted by atomic mass is 16.5. The summed E-state index contributed by atoms with van der Waals surface area (Å²) in [6, 6.07) is 21.6. The van der Waals surface area contributed by atoms with Gasteiger partial charge >= 0.3 is 0 Å². The molecule has 0 aromatic heterocycles. The Morgan fingerprint density at radius 3 is 2.36 bits per heavy atom. The number of benzene rings is 3. The molecule has 2 aliphatic carbocycles. The lowest BCUT2D eigenvalue weighted by Crippen LogP contribution is -2.53. The van der Waals surface area contributed by atoms with Crippen LogP contribution >= 0.6 is 0 Å². The van der Waals surface area contributed by atoms with Gasteiger partial charge in [0.15, 0.2) is 0 Å². The van der Waals surface area contributed by atoms with E-state index in [0.717, 1.165) is 16.1 Å². The largest absolute Gasteiger partial charge is 0.508 e. The lowest BCUT2D eigenvalue weighted by Gasteiger charge is -2.50. The van der Waals surface area contributed by atoms with E-state index in [0.29, 0.717) is 29.0 Å². The molecule has 7 rings (SSSR count). The van der Waals surface area contributed by atoms with Crippen LogP contribution in [-0.4, -0.2) is 52.3 Å². The smallest absolute Gasteiger partial charge is 0.260 e. The number of hydrogen-bond donors (Lipinski definition) is 2. The van der Waals surface area contributed by atoms with Crippen LogP contribution in [0, 0.1) is 30.6 Å². The highest BCUT2D eigenvalue weighted by Crippen LogP contribution is 2.65. The lowest BCUT2D eigenvalue weighted by molar-refractivity contribution is -0.141. The fourth-order valence-corrected chi connectivity index (χ4v) is 8.41. The minimum Gasteiger partial charge on any atom is -0.508 e. The van der Waals surface area contributed by atoms with Crippen LogP contribution in [0.3, 0.4) is 0 Å². The number of ether oxygens (including phenoxy) is 1. The van der Waals surface area contributed by atoms with E-state index < -0.39 is 46.8 Å². The number of amides is 4. The number of fused-ring (bicyclic) bond motifs is 4. The number of nitrogens with zero attached hydrogens (tertiary/aromatic N) is 2. The maximum absolute atomic E-state index is 15.1. The van der Waals surface area contributed by atoms with Gasteiger partial charge in [0.25, 0.3) is 11.8 Å². The van der Waals surface area contributed by atoms with E-state index >= 15 is 4.79 Å². The Hall–Kier alpha value is -4.92. The van der Waals surface area contributed by atoms with Gasteiger partial charge in [-0.05, 0) is 56.4 Å². The van der Waals surface area contributed by atoms with Gasteiger partial charge in [0.05, 0.1) is 36.0 Å². The molecule has 4 amide bonds. The fourth-order valence-electron chi connectivity index (χ4n) is 8.41. The summed E-state index contributed by atoms with van der Waals surface area (Å²) < 4.78 is 5.80. The van der Waals surface area contributed by atoms with Crippen molar-refractivity contribution >= 4 is 29.3 Å². The maximum atomic E-state index is 15.1. The Balaban J connectivity index is 1.48. The molecule has 6 atom stereocenters. The second-order valence-electron chi connectivity index (χ2n) is 12.4. The Morgan fingerprint density at radius 2 is 1.67 bits per heavy atom. The number of imide groups is 2. The summed E-state index contributed by atoms with van der Waals surface area (Å²) in [7, 11) is 1.50. The zero-order valence-electron chi connectivity index (χ0n) is 25.4. The molecule has 45 heavy (non-hydrogen) atoms. The topological polar surface area (TPSA) is 116 Å². The van der Waals surface area contributed by atoms with E-state index in [1.54, 1.807) is 19.1 Å². The number of allylic oxidation sites excluding steroid dienone is 2. The SMILES string of the molecule is CCN1C(=O)C2CC=C3C(CC4C(=O)N(Nc5ccc(C)cc5)C(=O)C4(c4ccccc4)C3c3ccc(O)cc3OC)C2C1=O. The van der Waals surface area contributed by atoms with Gasteiger partial charge in [-0.15, -0.1) is 0 Å². The number of methoxy groups -OCH3 is 1. The third-order valence-electron chi connectivity index (χ3n) is 10.3. The van der Waals surface area contributed by atoms with Gasteiger partial charge in [0.1, 0.15) is 11.5 Å². The molecule has 9 nitrogen and oxygen atoms in total. The summed E-state index contributed by atoms with van der Waals surface area (Å²) in [6.07, 6.45) is 2.60. The lowest BCUT2D eigenvalue weighted by atomic mass is 9.49. The van der Waals surface area contributed by atoms with Crippen LogP contribution in [0.25, 0.3) is 0 Å². The van der Waals surface area contributed by atoms with Crippen LogP contribution in [0.2, 0.25) is 0 Å². The highest BCUT2D eigenvalue weighted by Gasteiger charge is 2.70. The molecule has 2 N–H and O–H groups in total. The van der Waals surface area contributed by atoms with Crippen LogP contribution in [0.1, 0.15) is 42.4 Å². The van der Waals surface area contributed by atoms with Crippen molar-refractivity contribution in [1.29, 1.82) is 0 Å². The van der Waals surface area contributed by atoms with E-state index in [1.807, 2.05) is 67.6 Å². The van der Waals surface area contributed by atoms with Crippen LogP contribution in [-0.2, 0) is 24.6 Å². The van der Waals surface area contributed by atoms with Gasteiger partial charge < -0.3 is 9.84 Å². The van der Waals surface area contributed by atoms with Gasteiger partial charge in [0, 0.05) is 24.1 Å². The molecule has 3 fully saturated rings.